The molecule has 1 aliphatic rings. The number of carbonyl (C=O) groups is 2. The fraction of sp³-hybridized carbons (Fsp3) is 0.261. The number of hydrogen-bond donors (Lipinski definition) is 1. The van der Waals surface area contributed by atoms with Gasteiger partial charge in [0.1, 0.15) is 11.6 Å². The van der Waals surface area contributed by atoms with Crippen molar-refractivity contribution in [3.63, 3.8) is 0 Å². The molecule has 31 heavy (non-hydrogen) atoms. The summed E-state index contributed by atoms with van der Waals surface area (Å²) in [7, 11) is 0. The van der Waals surface area contributed by atoms with Crippen LogP contribution in [-0.4, -0.2) is 23.3 Å². The van der Waals surface area contributed by atoms with Crippen molar-refractivity contribution in [3.8, 4) is 11.3 Å². The van der Waals surface area contributed by atoms with Gasteiger partial charge in [0.15, 0.2) is 11.7 Å². The topological polar surface area (TPSA) is 75.4 Å². The largest absolute Gasteiger partial charge is 0.441 e. The maximum Gasteiger partial charge on any atom is 0.227 e. The molecule has 1 saturated heterocycles. The van der Waals surface area contributed by atoms with Crippen LogP contribution in [0.2, 0.25) is 0 Å². The molecular weight excluding hydrogens is 404 g/mol. The van der Waals surface area contributed by atoms with E-state index < -0.39 is 11.6 Å². The second kappa shape index (κ2) is 9.07. The van der Waals surface area contributed by atoms with Gasteiger partial charge >= 0.3 is 0 Å². The van der Waals surface area contributed by atoms with E-state index in [0.29, 0.717) is 18.9 Å². The molecule has 1 aromatic heterocycles. The van der Waals surface area contributed by atoms with Gasteiger partial charge in [-0.1, -0.05) is 12.1 Å². The van der Waals surface area contributed by atoms with Gasteiger partial charge in [0.05, 0.1) is 11.8 Å². The number of benzene rings is 2. The van der Waals surface area contributed by atoms with E-state index in [9.17, 15) is 18.4 Å². The van der Waals surface area contributed by atoms with Gasteiger partial charge in [0, 0.05) is 44.1 Å². The lowest BCUT2D eigenvalue weighted by molar-refractivity contribution is -0.121. The number of rotatable bonds is 7. The average Bonchev–Trinajstić information content (AvgIpc) is 3.40. The Kier molecular flexibility index (Phi) is 6.06. The molecule has 1 N–H and O–H groups in total. The van der Waals surface area contributed by atoms with Crippen molar-refractivity contribution in [2.75, 3.05) is 11.4 Å². The zero-order valence-electron chi connectivity index (χ0n) is 16.7. The Balaban J connectivity index is 1.26. The van der Waals surface area contributed by atoms with Gasteiger partial charge < -0.3 is 14.6 Å². The molecule has 3 aromatic rings. The first kappa shape index (κ1) is 20.7. The molecule has 0 aliphatic carbocycles. The summed E-state index contributed by atoms with van der Waals surface area (Å²) in [5.41, 5.74) is 1.91. The first-order chi connectivity index (χ1) is 15.0. The summed E-state index contributed by atoms with van der Waals surface area (Å²) in [5.74, 6) is -0.959. The highest BCUT2D eigenvalue weighted by molar-refractivity contribution is 5.95. The van der Waals surface area contributed by atoms with E-state index in [2.05, 4.69) is 10.3 Å². The number of aromatic nitrogens is 1. The molecule has 0 bridgehead atoms. The van der Waals surface area contributed by atoms with Crippen molar-refractivity contribution >= 4 is 17.5 Å². The van der Waals surface area contributed by atoms with Crippen LogP contribution in [0.3, 0.4) is 0 Å². The van der Waals surface area contributed by atoms with Gasteiger partial charge in [0.25, 0.3) is 0 Å². The van der Waals surface area contributed by atoms with E-state index in [1.54, 1.807) is 4.90 Å². The van der Waals surface area contributed by atoms with E-state index in [-0.39, 0.29) is 36.0 Å². The molecule has 2 aromatic carbocycles. The zero-order chi connectivity index (χ0) is 21.8. The van der Waals surface area contributed by atoms with Gasteiger partial charge in [0.2, 0.25) is 11.8 Å². The standard InChI is InChI=1S/C23H21F2N3O3/c24-16-5-8-18(19(25)12-16)20-14-27-22(31-20)10-9-21(29)26-13-15-3-6-17(7-4-15)28-11-1-2-23(28)30/h3-8,12,14H,1-2,9-11,13H2,(H,26,29). The smallest absolute Gasteiger partial charge is 0.227 e. The lowest BCUT2D eigenvalue weighted by Crippen LogP contribution is -2.24. The maximum atomic E-state index is 13.8. The maximum absolute atomic E-state index is 13.8. The van der Waals surface area contributed by atoms with Crippen LogP contribution in [0.5, 0.6) is 0 Å². The van der Waals surface area contributed by atoms with Crippen molar-refractivity contribution in [2.24, 2.45) is 0 Å². The molecule has 6 nitrogen and oxygen atoms in total. The van der Waals surface area contributed by atoms with E-state index in [4.69, 9.17) is 4.42 Å². The second-order valence-corrected chi connectivity index (χ2v) is 7.33. The lowest BCUT2D eigenvalue weighted by atomic mass is 10.2. The summed E-state index contributed by atoms with van der Waals surface area (Å²) in [6.45, 7) is 1.11. The Bertz CT molecular complexity index is 1100. The van der Waals surface area contributed by atoms with Gasteiger partial charge in [-0.05, 0) is 36.2 Å². The van der Waals surface area contributed by atoms with Gasteiger partial charge in [-0.25, -0.2) is 13.8 Å². The minimum atomic E-state index is -0.736. The Morgan fingerprint density at radius 3 is 2.68 bits per heavy atom. The minimum absolute atomic E-state index is 0.115. The van der Waals surface area contributed by atoms with E-state index in [1.807, 2.05) is 24.3 Å². The Morgan fingerprint density at radius 1 is 1.16 bits per heavy atom. The van der Waals surface area contributed by atoms with Crippen molar-refractivity contribution in [1.29, 1.82) is 0 Å². The summed E-state index contributed by atoms with van der Waals surface area (Å²) in [5, 5.41) is 2.83. The monoisotopic (exact) mass is 425 g/mol. The van der Waals surface area contributed by atoms with Crippen molar-refractivity contribution in [3.05, 3.63) is 71.8 Å². The lowest BCUT2D eigenvalue weighted by Gasteiger charge is -2.16. The van der Waals surface area contributed by atoms with E-state index in [0.717, 1.165) is 36.3 Å². The van der Waals surface area contributed by atoms with Crippen LogP contribution in [0.4, 0.5) is 14.5 Å². The van der Waals surface area contributed by atoms with E-state index >= 15 is 0 Å². The molecule has 0 atom stereocenters. The number of oxazole rings is 1. The number of hydrogen-bond acceptors (Lipinski definition) is 4. The quantitative estimate of drug-likeness (QED) is 0.621. The van der Waals surface area contributed by atoms with Crippen molar-refractivity contribution < 1.29 is 22.8 Å². The zero-order valence-corrected chi connectivity index (χ0v) is 16.7. The first-order valence-electron chi connectivity index (χ1n) is 10.1. The SMILES string of the molecule is O=C(CCc1ncc(-c2ccc(F)cc2F)o1)NCc1ccc(N2CCCC2=O)cc1. The van der Waals surface area contributed by atoms with Crippen LogP contribution in [-0.2, 0) is 22.6 Å². The highest BCUT2D eigenvalue weighted by atomic mass is 19.1. The Hall–Kier alpha value is -3.55. The number of aryl methyl sites for hydroxylation is 1. The summed E-state index contributed by atoms with van der Waals surface area (Å²) in [4.78, 5) is 29.8. The van der Waals surface area contributed by atoms with Crippen LogP contribution in [0.15, 0.2) is 53.1 Å². The first-order valence-corrected chi connectivity index (χ1v) is 10.1. The highest BCUT2D eigenvalue weighted by Crippen LogP contribution is 2.25. The third-order valence-electron chi connectivity index (χ3n) is 5.13. The summed E-state index contributed by atoms with van der Waals surface area (Å²) in [6, 6.07) is 10.7. The summed E-state index contributed by atoms with van der Waals surface area (Å²) < 4.78 is 32.4. The van der Waals surface area contributed by atoms with Crippen molar-refractivity contribution in [1.82, 2.24) is 10.3 Å². The highest BCUT2D eigenvalue weighted by Gasteiger charge is 2.21. The Labute approximate surface area is 177 Å². The van der Waals surface area contributed by atoms with E-state index in [1.165, 1.54) is 12.3 Å². The van der Waals surface area contributed by atoms with Crippen LogP contribution in [0, 0.1) is 11.6 Å². The predicted molar refractivity (Wildman–Crippen MR) is 110 cm³/mol. The molecule has 160 valence electrons. The third-order valence-corrected chi connectivity index (χ3v) is 5.13. The number of nitrogens with one attached hydrogen (secondary N) is 1. The molecule has 0 saturated carbocycles. The number of anilines is 1. The molecule has 8 heteroatoms. The molecule has 1 fully saturated rings. The fourth-order valence-corrected chi connectivity index (χ4v) is 3.46. The molecule has 4 rings (SSSR count). The van der Waals surface area contributed by atoms with Gasteiger partial charge in [-0.2, -0.15) is 0 Å². The van der Waals surface area contributed by atoms with Crippen LogP contribution in [0.1, 0.15) is 30.7 Å². The molecule has 0 unspecified atom stereocenters. The van der Waals surface area contributed by atoms with Gasteiger partial charge in [-0.3, -0.25) is 9.59 Å². The van der Waals surface area contributed by atoms with Crippen LogP contribution < -0.4 is 10.2 Å². The van der Waals surface area contributed by atoms with Gasteiger partial charge in [-0.15, -0.1) is 0 Å². The number of carbonyl (C=O) groups excluding carboxylic acids is 2. The molecular formula is C23H21F2N3O3. The number of nitrogens with zero attached hydrogens (tertiary/aromatic N) is 2. The second-order valence-electron chi connectivity index (χ2n) is 7.33. The predicted octanol–water partition coefficient (Wildman–Crippen LogP) is 4.00. The summed E-state index contributed by atoms with van der Waals surface area (Å²) >= 11 is 0. The average molecular weight is 425 g/mol. The fourth-order valence-electron chi connectivity index (χ4n) is 3.46. The molecule has 0 radical (unpaired) electrons. The minimum Gasteiger partial charge on any atom is -0.441 e. The normalized spacial score (nSPS) is 13.6. The molecule has 1 aliphatic heterocycles. The molecule has 2 heterocycles. The number of halogens is 2. The third kappa shape index (κ3) is 4.96. The summed E-state index contributed by atoms with van der Waals surface area (Å²) in [6.07, 6.45) is 3.23. The van der Waals surface area contributed by atoms with Crippen LogP contribution >= 0.6 is 0 Å². The molecule has 0 spiro atoms. The molecule has 2 amide bonds. The van der Waals surface area contributed by atoms with Crippen LogP contribution in [0.25, 0.3) is 11.3 Å². The van der Waals surface area contributed by atoms with Crippen molar-refractivity contribution in [2.45, 2.75) is 32.2 Å². The number of amides is 2. The Morgan fingerprint density at radius 2 is 1.97 bits per heavy atom.